The monoisotopic (exact) mass is 240 g/mol. The fourth-order valence-corrected chi connectivity index (χ4v) is 2.70. The fraction of sp³-hybridized carbons (Fsp3) is 0.923. The van der Waals surface area contributed by atoms with E-state index in [1.807, 2.05) is 9.80 Å². The number of carbonyl (C=O) groups is 1. The molecule has 1 unspecified atom stereocenters. The minimum absolute atomic E-state index is 0.221. The van der Waals surface area contributed by atoms with Crippen molar-refractivity contribution in [3.8, 4) is 0 Å². The highest BCUT2D eigenvalue weighted by Crippen LogP contribution is 2.19. The molecule has 0 aliphatic carbocycles. The van der Waals surface area contributed by atoms with E-state index >= 15 is 0 Å². The second-order valence-electron chi connectivity index (χ2n) is 5.40. The van der Waals surface area contributed by atoms with Crippen LogP contribution in [0.4, 0.5) is 4.79 Å². The Morgan fingerprint density at radius 3 is 2.47 bits per heavy atom. The number of piperidine rings is 2. The number of likely N-dealkylation sites (tertiary alicyclic amines) is 2. The van der Waals surface area contributed by atoms with E-state index < -0.39 is 0 Å². The molecule has 2 saturated heterocycles. The fourth-order valence-electron chi connectivity index (χ4n) is 2.70. The predicted octanol–water partition coefficient (Wildman–Crippen LogP) is 1.95. The van der Waals surface area contributed by atoms with Gasteiger partial charge in [0.05, 0.1) is 6.10 Å². The molecule has 0 aromatic heterocycles. The van der Waals surface area contributed by atoms with Crippen LogP contribution in [0.15, 0.2) is 0 Å². The van der Waals surface area contributed by atoms with Crippen molar-refractivity contribution in [1.82, 2.24) is 9.80 Å². The molecule has 0 radical (unpaired) electrons. The summed E-state index contributed by atoms with van der Waals surface area (Å²) in [5.74, 6) is 0.770. The highest BCUT2D eigenvalue weighted by Gasteiger charge is 2.28. The van der Waals surface area contributed by atoms with E-state index in [1.54, 1.807) is 7.11 Å². The Morgan fingerprint density at radius 1 is 1.12 bits per heavy atom. The van der Waals surface area contributed by atoms with E-state index in [0.717, 1.165) is 57.8 Å². The van der Waals surface area contributed by atoms with Gasteiger partial charge in [-0.2, -0.15) is 0 Å². The average molecular weight is 240 g/mol. The molecule has 2 amide bonds. The molecule has 0 saturated carbocycles. The second-order valence-corrected chi connectivity index (χ2v) is 5.40. The number of hydrogen-bond acceptors (Lipinski definition) is 2. The molecule has 2 fully saturated rings. The third kappa shape index (κ3) is 3.12. The van der Waals surface area contributed by atoms with Crippen molar-refractivity contribution in [3.63, 3.8) is 0 Å². The van der Waals surface area contributed by atoms with Crippen LogP contribution in [0.25, 0.3) is 0 Å². The molecule has 0 spiro atoms. The lowest BCUT2D eigenvalue weighted by Gasteiger charge is -2.38. The van der Waals surface area contributed by atoms with Crippen LogP contribution in [0.3, 0.4) is 0 Å². The summed E-state index contributed by atoms with van der Waals surface area (Å²) in [6.07, 6.45) is 4.67. The Morgan fingerprint density at radius 2 is 1.82 bits per heavy atom. The third-order valence-electron chi connectivity index (χ3n) is 4.04. The first-order chi connectivity index (χ1) is 8.20. The zero-order valence-electron chi connectivity index (χ0n) is 11.0. The average Bonchev–Trinajstić information content (AvgIpc) is 2.39. The van der Waals surface area contributed by atoms with E-state index in [1.165, 1.54) is 0 Å². The lowest BCUT2D eigenvalue weighted by molar-refractivity contribution is 0.0342. The quantitative estimate of drug-likeness (QED) is 0.702. The van der Waals surface area contributed by atoms with Gasteiger partial charge in [0.25, 0.3) is 0 Å². The summed E-state index contributed by atoms with van der Waals surface area (Å²) < 4.78 is 5.36. The van der Waals surface area contributed by atoms with Gasteiger partial charge >= 0.3 is 6.03 Å². The molecule has 0 N–H and O–H groups in total. The zero-order chi connectivity index (χ0) is 12.3. The Bertz CT molecular complexity index is 262. The molecule has 0 aromatic rings. The zero-order valence-corrected chi connectivity index (χ0v) is 11.0. The minimum atomic E-state index is 0.221. The van der Waals surface area contributed by atoms with Crippen LogP contribution in [-0.4, -0.2) is 55.2 Å². The molecule has 2 aliphatic rings. The summed E-state index contributed by atoms with van der Waals surface area (Å²) in [6.45, 7) is 5.78. The van der Waals surface area contributed by atoms with Gasteiger partial charge in [-0.05, 0) is 31.6 Å². The molecule has 0 bridgehead atoms. The number of rotatable bonds is 1. The molecule has 2 heterocycles. The highest BCUT2D eigenvalue weighted by molar-refractivity contribution is 5.74. The number of amides is 2. The maximum atomic E-state index is 12.3. The van der Waals surface area contributed by atoms with Crippen LogP contribution in [0.2, 0.25) is 0 Å². The van der Waals surface area contributed by atoms with Gasteiger partial charge in [-0.1, -0.05) is 6.92 Å². The molecule has 98 valence electrons. The van der Waals surface area contributed by atoms with Crippen molar-refractivity contribution in [2.45, 2.75) is 38.7 Å². The van der Waals surface area contributed by atoms with E-state index in [-0.39, 0.29) is 12.1 Å². The molecular formula is C13H24N2O2. The van der Waals surface area contributed by atoms with Crippen molar-refractivity contribution < 1.29 is 9.53 Å². The van der Waals surface area contributed by atoms with Gasteiger partial charge in [-0.25, -0.2) is 4.79 Å². The van der Waals surface area contributed by atoms with Gasteiger partial charge in [0.15, 0.2) is 0 Å². The van der Waals surface area contributed by atoms with Crippen molar-refractivity contribution >= 4 is 6.03 Å². The predicted molar refractivity (Wildman–Crippen MR) is 67.0 cm³/mol. The molecule has 2 rings (SSSR count). The van der Waals surface area contributed by atoms with Crippen molar-refractivity contribution in [2.75, 3.05) is 33.3 Å². The molecule has 4 heteroatoms. The maximum absolute atomic E-state index is 12.3. The smallest absolute Gasteiger partial charge is 0.320 e. The summed E-state index contributed by atoms with van der Waals surface area (Å²) in [5.41, 5.74) is 0. The molecule has 4 nitrogen and oxygen atoms in total. The van der Waals surface area contributed by atoms with Crippen LogP contribution in [0, 0.1) is 5.92 Å². The van der Waals surface area contributed by atoms with Gasteiger partial charge in [0, 0.05) is 33.3 Å². The SMILES string of the molecule is COC1CCCN(C(=O)N2CCC(C)CC2)C1. The van der Waals surface area contributed by atoms with Crippen LogP contribution in [-0.2, 0) is 4.74 Å². The van der Waals surface area contributed by atoms with E-state index in [9.17, 15) is 4.79 Å². The van der Waals surface area contributed by atoms with Gasteiger partial charge in [-0.15, -0.1) is 0 Å². The Labute approximate surface area is 104 Å². The standard InChI is InChI=1S/C13H24N2O2/c1-11-5-8-14(9-6-11)13(16)15-7-3-4-12(10-15)17-2/h11-12H,3-10H2,1-2H3. The number of ether oxygens (including phenoxy) is 1. The van der Waals surface area contributed by atoms with Crippen LogP contribution < -0.4 is 0 Å². The molecule has 2 aliphatic heterocycles. The van der Waals surface area contributed by atoms with Gasteiger partial charge in [-0.3, -0.25) is 0 Å². The molecular weight excluding hydrogens is 216 g/mol. The van der Waals surface area contributed by atoms with E-state index in [4.69, 9.17) is 4.74 Å². The normalized spacial score (nSPS) is 27.3. The lowest BCUT2D eigenvalue weighted by Crippen LogP contribution is -2.51. The van der Waals surface area contributed by atoms with Crippen LogP contribution in [0.1, 0.15) is 32.6 Å². The Hall–Kier alpha value is -0.770. The minimum Gasteiger partial charge on any atom is -0.380 e. The number of nitrogens with zero attached hydrogens (tertiary/aromatic N) is 2. The van der Waals surface area contributed by atoms with Crippen LogP contribution >= 0.6 is 0 Å². The van der Waals surface area contributed by atoms with Crippen molar-refractivity contribution in [1.29, 1.82) is 0 Å². The largest absolute Gasteiger partial charge is 0.380 e. The second kappa shape index (κ2) is 5.71. The summed E-state index contributed by atoms with van der Waals surface area (Å²) in [6, 6.07) is 0.221. The first-order valence-corrected chi connectivity index (χ1v) is 6.77. The highest BCUT2D eigenvalue weighted by atomic mass is 16.5. The van der Waals surface area contributed by atoms with Crippen LogP contribution in [0.5, 0.6) is 0 Å². The number of urea groups is 1. The van der Waals surface area contributed by atoms with E-state index in [2.05, 4.69) is 6.92 Å². The Kier molecular flexibility index (Phi) is 4.26. The topological polar surface area (TPSA) is 32.8 Å². The van der Waals surface area contributed by atoms with Gasteiger partial charge in [0.1, 0.15) is 0 Å². The third-order valence-corrected chi connectivity index (χ3v) is 4.04. The number of carbonyl (C=O) groups excluding carboxylic acids is 1. The first-order valence-electron chi connectivity index (χ1n) is 6.77. The first kappa shape index (κ1) is 12.7. The summed E-state index contributed by atoms with van der Waals surface area (Å²) >= 11 is 0. The molecule has 1 atom stereocenters. The number of methoxy groups -OCH3 is 1. The van der Waals surface area contributed by atoms with Crippen molar-refractivity contribution in [2.24, 2.45) is 5.92 Å². The molecule has 17 heavy (non-hydrogen) atoms. The van der Waals surface area contributed by atoms with Gasteiger partial charge < -0.3 is 14.5 Å². The maximum Gasteiger partial charge on any atom is 0.320 e. The Balaban J connectivity index is 1.86. The van der Waals surface area contributed by atoms with E-state index in [0.29, 0.717) is 0 Å². The summed E-state index contributed by atoms with van der Waals surface area (Å²) in [5, 5.41) is 0. The summed E-state index contributed by atoms with van der Waals surface area (Å²) in [7, 11) is 1.74. The van der Waals surface area contributed by atoms with Crippen molar-refractivity contribution in [3.05, 3.63) is 0 Å². The summed E-state index contributed by atoms with van der Waals surface area (Å²) in [4.78, 5) is 16.3. The number of hydrogen-bond donors (Lipinski definition) is 0. The molecule has 0 aromatic carbocycles. The van der Waals surface area contributed by atoms with Gasteiger partial charge in [0.2, 0.25) is 0 Å². The lowest BCUT2D eigenvalue weighted by atomic mass is 9.99.